The van der Waals surface area contributed by atoms with Crippen molar-refractivity contribution in [2.45, 2.75) is 25.7 Å². The lowest BCUT2D eigenvalue weighted by Crippen LogP contribution is -2.29. The molecular formula is C17H25NO4. The Morgan fingerprint density at radius 3 is 2.77 bits per heavy atom. The van der Waals surface area contributed by atoms with Crippen LogP contribution in [0.25, 0.3) is 0 Å². The Balaban J connectivity index is 1.74. The molecule has 1 fully saturated rings. The molecule has 2 rings (SSSR count). The number of likely N-dealkylation sites (tertiary alicyclic amines) is 1. The zero-order valence-electron chi connectivity index (χ0n) is 13.2. The molecule has 0 radical (unpaired) electrons. The number of carboxylic acids is 1. The number of para-hydroxylation sites is 2. The van der Waals surface area contributed by atoms with E-state index >= 15 is 0 Å². The fraction of sp³-hybridized carbons (Fsp3) is 0.588. The number of nitrogens with zero attached hydrogens (tertiary/aromatic N) is 1. The normalized spacial score (nSPS) is 19.4. The third-order valence-electron chi connectivity index (χ3n) is 4.14. The van der Waals surface area contributed by atoms with Crippen LogP contribution in [0.15, 0.2) is 24.3 Å². The maximum Gasteiger partial charge on any atom is 0.303 e. The van der Waals surface area contributed by atoms with Crippen LogP contribution in [0.3, 0.4) is 0 Å². The minimum Gasteiger partial charge on any atom is -0.493 e. The second-order valence-corrected chi connectivity index (χ2v) is 5.74. The van der Waals surface area contributed by atoms with E-state index in [9.17, 15) is 4.79 Å². The predicted molar refractivity (Wildman–Crippen MR) is 84.5 cm³/mol. The molecule has 1 aliphatic rings. The van der Waals surface area contributed by atoms with Crippen LogP contribution in [-0.2, 0) is 4.79 Å². The lowest BCUT2D eigenvalue weighted by molar-refractivity contribution is -0.138. The Morgan fingerprint density at radius 2 is 2.05 bits per heavy atom. The minimum atomic E-state index is -0.682. The van der Waals surface area contributed by atoms with Crippen LogP contribution in [-0.4, -0.2) is 49.3 Å². The number of methoxy groups -OCH3 is 1. The summed E-state index contributed by atoms with van der Waals surface area (Å²) < 4.78 is 11.1. The summed E-state index contributed by atoms with van der Waals surface area (Å²) in [4.78, 5) is 13.2. The Hall–Kier alpha value is -1.75. The molecule has 0 spiro atoms. The first-order valence-corrected chi connectivity index (χ1v) is 7.89. The smallest absolute Gasteiger partial charge is 0.303 e. The van der Waals surface area contributed by atoms with Gasteiger partial charge in [0.1, 0.15) is 6.61 Å². The van der Waals surface area contributed by atoms with Gasteiger partial charge in [0, 0.05) is 13.0 Å². The zero-order chi connectivity index (χ0) is 15.8. The molecule has 22 heavy (non-hydrogen) atoms. The first kappa shape index (κ1) is 16.6. The lowest BCUT2D eigenvalue weighted by atomic mass is 9.97. The van der Waals surface area contributed by atoms with E-state index in [2.05, 4.69) is 4.90 Å². The van der Waals surface area contributed by atoms with Crippen LogP contribution in [0.5, 0.6) is 11.5 Å². The van der Waals surface area contributed by atoms with Crippen LogP contribution in [0, 0.1) is 5.92 Å². The second kappa shape index (κ2) is 8.63. The number of carboxylic acid groups (broad SMARTS) is 1. The molecule has 0 unspecified atom stereocenters. The van der Waals surface area contributed by atoms with E-state index < -0.39 is 5.97 Å². The first-order chi connectivity index (χ1) is 10.7. The van der Waals surface area contributed by atoms with Gasteiger partial charge in [0.2, 0.25) is 0 Å². The number of rotatable bonds is 7. The third kappa shape index (κ3) is 5.22. The van der Waals surface area contributed by atoms with Gasteiger partial charge in [-0.1, -0.05) is 12.1 Å². The quantitative estimate of drug-likeness (QED) is 0.839. The van der Waals surface area contributed by atoms with Crippen molar-refractivity contribution in [3.05, 3.63) is 24.3 Å². The molecule has 0 aliphatic carbocycles. The molecule has 0 bridgehead atoms. The molecule has 1 saturated heterocycles. The minimum absolute atomic E-state index is 0.297. The van der Waals surface area contributed by atoms with E-state index in [0.29, 0.717) is 18.9 Å². The highest BCUT2D eigenvalue weighted by Gasteiger charge is 2.19. The molecule has 1 aromatic rings. The van der Waals surface area contributed by atoms with E-state index in [1.165, 1.54) is 0 Å². The zero-order valence-corrected chi connectivity index (χ0v) is 13.2. The average Bonchev–Trinajstić information content (AvgIpc) is 2.73. The van der Waals surface area contributed by atoms with Gasteiger partial charge < -0.3 is 14.6 Å². The lowest BCUT2D eigenvalue weighted by Gasteiger charge is -2.20. The summed E-state index contributed by atoms with van der Waals surface area (Å²) in [6, 6.07) is 7.64. The molecule has 0 saturated carbocycles. The monoisotopic (exact) mass is 307 g/mol. The largest absolute Gasteiger partial charge is 0.493 e. The number of carbonyl (C=O) groups is 1. The summed E-state index contributed by atoms with van der Waals surface area (Å²) in [6.07, 6.45) is 3.33. The van der Waals surface area contributed by atoms with Crippen molar-refractivity contribution in [2.24, 2.45) is 5.92 Å². The van der Waals surface area contributed by atoms with E-state index in [1.54, 1.807) is 7.11 Å². The SMILES string of the molecule is COc1ccccc1OCCN1CCC[C@@H](CC(=O)O)CC1. The fourth-order valence-electron chi connectivity index (χ4n) is 2.92. The molecule has 5 nitrogen and oxygen atoms in total. The number of benzene rings is 1. The maximum absolute atomic E-state index is 10.8. The van der Waals surface area contributed by atoms with E-state index in [1.807, 2.05) is 24.3 Å². The molecule has 1 atom stereocenters. The summed E-state index contributed by atoms with van der Waals surface area (Å²) >= 11 is 0. The molecule has 0 amide bonds. The van der Waals surface area contributed by atoms with E-state index in [-0.39, 0.29) is 0 Å². The Morgan fingerprint density at radius 1 is 1.27 bits per heavy atom. The Bertz CT molecular complexity index is 477. The van der Waals surface area contributed by atoms with Gasteiger partial charge in [-0.25, -0.2) is 0 Å². The fourth-order valence-corrected chi connectivity index (χ4v) is 2.92. The van der Waals surface area contributed by atoms with E-state index in [0.717, 1.165) is 50.4 Å². The van der Waals surface area contributed by atoms with Gasteiger partial charge in [-0.2, -0.15) is 0 Å². The highest BCUT2D eigenvalue weighted by Crippen LogP contribution is 2.26. The van der Waals surface area contributed by atoms with Crippen molar-refractivity contribution in [3.63, 3.8) is 0 Å². The van der Waals surface area contributed by atoms with Crippen LogP contribution >= 0.6 is 0 Å². The topological polar surface area (TPSA) is 59.0 Å². The molecule has 1 N–H and O–H groups in total. The van der Waals surface area contributed by atoms with Gasteiger partial charge in [0.25, 0.3) is 0 Å². The molecule has 0 aromatic heterocycles. The van der Waals surface area contributed by atoms with Gasteiger partial charge in [-0.3, -0.25) is 9.69 Å². The van der Waals surface area contributed by atoms with Crippen molar-refractivity contribution in [2.75, 3.05) is 33.4 Å². The number of hydrogen-bond acceptors (Lipinski definition) is 4. The highest BCUT2D eigenvalue weighted by atomic mass is 16.5. The maximum atomic E-state index is 10.8. The summed E-state index contributed by atoms with van der Waals surface area (Å²) in [6.45, 7) is 3.44. The van der Waals surface area contributed by atoms with E-state index in [4.69, 9.17) is 14.6 Å². The van der Waals surface area contributed by atoms with Crippen molar-refractivity contribution >= 4 is 5.97 Å². The predicted octanol–water partition coefficient (Wildman–Crippen LogP) is 2.65. The molecule has 1 aromatic carbocycles. The second-order valence-electron chi connectivity index (χ2n) is 5.74. The van der Waals surface area contributed by atoms with Crippen LogP contribution in [0.1, 0.15) is 25.7 Å². The van der Waals surface area contributed by atoms with Gasteiger partial charge in [-0.15, -0.1) is 0 Å². The van der Waals surface area contributed by atoms with Crippen molar-refractivity contribution in [1.29, 1.82) is 0 Å². The summed E-state index contributed by atoms with van der Waals surface area (Å²) in [5.41, 5.74) is 0. The van der Waals surface area contributed by atoms with Crippen molar-refractivity contribution in [3.8, 4) is 11.5 Å². The van der Waals surface area contributed by atoms with Gasteiger partial charge >= 0.3 is 5.97 Å². The van der Waals surface area contributed by atoms with Gasteiger partial charge in [0.05, 0.1) is 7.11 Å². The summed E-state index contributed by atoms with van der Waals surface area (Å²) in [5.74, 6) is 1.15. The van der Waals surface area contributed by atoms with Crippen LogP contribution in [0.2, 0.25) is 0 Å². The molecule has 5 heteroatoms. The standard InChI is InChI=1S/C17H25NO4/c1-21-15-6-2-3-7-16(15)22-12-11-18-9-4-5-14(8-10-18)13-17(19)20/h2-3,6-7,14H,4-5,8-13H2,1H3,(H,19,20)/t14-/m1/s1. The number of hydrogen-bond donors (Lipinski definition) is 1. The molecule has 1 aliphatic heterocycles. The van der Waals surface area contributed by atoms with Crippen molar-refractivity contribution in [1.82, 2.24) is 4.90 Å². The van der Waals surface area contributed by atoms with Crippen LogP contribution in [0.4, 0.5) is 0 Å². The average molecular weight is 307 g/mol. The Kier molecular flexibility index (Phi) is 6.52. The van der Waals surface area contributed by atoms with Crippen LogP contribution < -0.4 is 9.47 Å². The number of aliphatic carboxylic acids is 1. The number of ether oxygens (including phenoxy) is 2. The molecule has 1 heterocycles. The Labute approximate surface area is 131 Å². The summed E-state index contributed by atoms with van der Waals surface area (Å²) in [7, 11) is 1.64. The van der Waals surface area contributed by atoms with Gasteiger partial charge in [0.15, 0.2) is 11.5 Å². The van der Waals surface area contributed by atoms with Gasteiger partial charge in [-0.05, 0) is 50.4 Å². The molecule has 122 valence electrons. The highest BCUT2D eigenvalue weighted by molar-refractivity contribution is 5.67. The summed E-state index contributed by atoms with van der Waals surface area (Å²) in [5, 5.41) is 8.89. The molecular weight excluding hydrogens is 282 g/mol. The first-order valence-electron chi connectivity index (χ1n) is 7.89. The van der Waals surface area contributed by atoms with Crippen molar-refractivity contribution < 1.29 is 19.4 Å². The third-order valence-corrected chi connectivity index (χ3v) is 4.14.